The van der Waals surface area contributed by atoms with Crippen LogP contribution in [-0.4, -0.2) is 18.3 Å². The number of fused-ring (bicyclic) bond motifs is 1. The van der Waals surface area contributed by atoms with E-state index < -0.39 is 0 Å². The van der Waals surface area contributed by atoms with E-state index in [1.54, 1.807) is 11.3 Å². The van der Waals surface area contributed by atoms with E-state index in [0.717, 1.165) is 40.0 Å². The van der Waals surface area contributed by atoms with E-state index in [-0.39, 0.29) is 0 Å². The normalized spacial score (nSPS) is 12.7. The zero-order chi connectivity index (χ0) is 12.4. The van der Waals surface area contributed by atoms with Gasteiger partial charge in [-0.1, -0.05) is 18.3 Å². The molecule has 0 aliphatic carbocycles. The van der Waals surface area contributed by atoms with E-state index in [4.69, 9.17) is 9.47 Å². The van der Waals surface area contributed by atoms with Gasteiger partial charge in [0.25, 0.3) is 0 Å². The highest BCUT2D eigenvalue weighted by Crippen LogP contribution is 2.38. The van der Waals surface area contributed by atoms with Gasteiger partial charge in [0.1, 0.15) is 0 Å². The maximum atomic E-state index is 5.38. The van der Waals surface area contributed by atoms with Crippen molar-refractivity contribution in [2.45, 2.75) is 13.3 Å². The minimum Gasteiger partial charge on any atom is -0.454 e. The number of benzene rings is 1. The Bertz CT molecular complexity index is 554. The monoisotopic (exact) mass is 262 g/mol. The van der Waals surface area contributed by atoms with E-state index in [2.05, 4.69) is 17.2 Å². The molecule has 94 valence electrons. The molecule has 0 amide bonds. The van der Waals surface area contributed by atoms with Gasteiger partial charge in [0.15, 0.2) is 16.6 Å². The smallest absolute Gasteiger partial charge is 0.231 e. The third-order valence-corrected chi connectivity index (χ3v) is 3.69. The molecule has 5 heteroatoms. The maximum Gasteiger partial charge on any atom is 0.231 e. The van der Waals surface area contributed by atoms with Crippen molar-refractivity contribution < 1.29 is 9.47 Å². The molecule has 0 saturated heterocycles. The second kappa shape index (κ2) is 4.86. The van der Waals surface area contributed by atoms with E-state index in [0.29, 0.717) is 6.79 Å². The van der Waals surface area contributed by atoms with Crippen molar-refractivity contribution in [3.63, 3.8) is 0 Å². The lowest BCUT2D eigenvalue weighted by Gasteiger charge is -2.00. The fraction of sp³-hybridized carbons (Fsp3) is 0.308. The summed E-state index contributed by atoms with van der Waals surface area (Å²) in [5, 5.41) is 4.25. The van der Waals surface area contributed by atoms with Gasteiger partial charge in [0.2, 0.25) is 6.79 Å². The van der Waals surface area contributed by atoms with Gasteiger partial charge in [-0.15, -0.1) is 0 Å². The summed E-state index contributed by atoms with van der Waals surface area (Å²) in [6.07, 6.45) is 2.99. The van der Waals surface area contributed by atoms with Gasteiger partial charge in [-0.3, -0.25) is 0 Å². The lowest BCUT2D eigenvalue weighted by atomic mass is 10.2. The molecule has 1 N–H and O–H groups in total. The molecule has 1 aliphatic heterocycles. The van der Waals surface area contributed by atoms with Crippen LogP contribution in [0.25, 0.3) is 10.4 Å². The molecule has 0 atom stereocenters. The highest BCUT2D eigenvalue weighted by atomic mass is 32.1. The number of anilines is 1. The van der Waals surface area contributed by atoms with E-state index in [9.17, 15) is 0 Å². The Labute approximate surface area is 110 Å². The highest BCUT2D eigenvalue weighted by molar-refractivity contribution is 7.18. The van der Waals surface area contributed by atoms with Crippen LogP contribution in [0, 0.1) is 0 Å². The van der Waals surface area contributed by atoms with E-state index in [1.165, 1.54) is 0 Å². The molecule has 4 nitrogen and oxygen atoms in total. The first kappa shape index (κ1) is 11.3. The fourth-order valence-corrected chi connectivity index (χ4v) is 2.61. The van der Waals surface area contributed by atoms with Crippen molar-refractivity contribution in [1.29, 1.82) is 0 Å². The number of hydrogen-bond donors (Lipinski definition) is 1. The second-order valence-electron chi connectivity index (χ2n) is 4.02. The van der Waals surface area contributed by atoms with E-state index in [1.807, 2.05) is 24.4 Å². The zero-order valence-corrected chi connectivity index (χ0v) is 10.9. The van der Waals surface area contributed by atoms with Crippen molar-refractivity contribution >= 4 is 16.5 Å². The maximum absolute atomic E-state index is 5.38. The summed E-state index contributed by atoms with van der Waals surface area (Å²) in [5.41, 5.74) is 1.11. The van der Waals surface area contributed by atoms with Gasteiger partial charge in [-0.25, -0.2) is 4.98 Å². The van der Waals surface area contributed by atoms with Crippen molar-refractivity contribution in [2.75, 3.05) is 18.7 Å². The van der Waals surface area contributed by atoms with Crippen LogP contribution in [0.2, 0.25) is 0 Å². The summed E-state index contributed by atoms with van der Waals surface area (Å²) < 4.78 is 10.7. The molecule has 2 aromatic rings. The lowest BCUT2D eigenvalue weighted by Crippen LogP contribution is -1.97. The molecule has 3 rings (SSSR count). The van der Waals surface area contributed by atoms with Gasteiger partial charge in [-0.2, -0.15) is 0 Å². The summed E-state index contributed by atoms with van der Waals surface area (Å²) in [5.74, 6) is 1.62. The average Bonchev–Trinajstić information content (AvgIpc) is 3.04. The van der Waals surface area contributed by atoms with Crippen LogP contribution in [0.4, 0.5) is 5.13 Å². The molecule has 1 aliphatic rings. The predicted octanol–water partition coefficient (Wildman–Crippen LogP) is 3.36. The standard InChI is InChI=1S/C13H14N2O2S/c1-2-5-14-13-15-7-12(18-13)9-3-4-10-11(6-9)17-8-16-10/h3-4,6-7H,2,5,8H2,1H3,(H,14,15). The van der Waals surface area contributed by atoms with Crippen LogP contribution in [0.15, 0.2) is 24.4 Å². The largest absolute Gasteiger partial charge is 0.454 e. The molecule has 1 aromatic heterocycles. The molecule has 0 radical (unpaired) electrons. The van der Waals surface area contributed by atoms with Crippen LogP contribution in [-0.2, 0) is 0 Å². The number of thiazole rings is 1. The average molecular weight is 262 g/mol. The number of nitrogens with one attached hydrogen (secondary N) is 1. The third kappa shape index (κ3) is 2.13. The summed E-state index contributed by atoms with van der Waals surface area (Å²) in [7, 11) is 0. The molecule has 0 saturated carbocycles. The highest BCUT2D eigenvalue weighted by Gasteiger charge is 2.14. The minimum atomic E-state index is 0.310. The van der Waals surface area contributed by atoms with Crippen LogP contribution in [0.5, 0.6) is 11.5 Å². The molecule has 2 heterocycles. The number of nitrogens with zero attached hydrogens (tertiary/aromatic N) is 1. The molecular weight excluding hydrogens is 248 g/mol. The van der Waals surface area contributed by atoms with Crippen molar-refractivity contribution in [3.05, 3.63) is 24.4 Å². The lowest BCUT2D eigenvalue weighted by molar-refractivity contribution is 0.174. The third-order valence-electron chi connectivity index (χ3n) is 2.69. The van der Waals surface area contributed by atoms with E-state index >= 15 is 0 Å². The molecule has 0 spiro atoms. The Morgan fingerprint density at radius 3 is 3.11 bits per heavy atom. The van der Waals surface area contributed by atoms with Gasteiger partial charge in [-0.05, 0) is 30.2 Å². The van der Waals surface area contributed by atoms with Crippen LogP contribution >= 0.6 is 11.3 Å². The van der Waals surface area contributed by atoms with Gasteiger partial charge >= 0.3 is 0 Å². The molecule has 0 bridgehead atoms. The summed E-state index contributed by atoms with van der Waals surface area (Å²) >= 11 is 1.65. The minimum absolute atomic E-state index is 0.310. The number of rotatable bonds is 4. The summed E-state index contributed by atoms with van der Waals surface area (Å²) in [6.45, 7) is 3.40. The van der Waals surface area contributed by atoms with Crippen LogP contribution in [0.3, 0.4) is 0 Å². The second-order valence-corrected chi connectivity index (χ2v) is 5.06. The Balaban J connectivity index is 1.83. The topological polar surface area (TPSA) is 43.4 Å². The molecule has 18 heavy (non-hydrogen) atoms. The zero-order valence-electron chi connectivity index (χ0n) is 10.1. The van der Waals surface area contributed by atoms with Crippen LogP contribution in [0.1, 0.15) is 13.3 Å². The van der Waals surface area contributed by atoms with Crippen LogP contribution < -0.4 is 14.8 Å². The first-order valence-electron chi connectivity index (χ1n) is 5.96. The van der Waals surface area contributed by atoms with Gasteiger partial charge in [0.05, 0.1) is 4.88 Å². The summed E-state index contributed by atoms with van der Waals surface area (Å²) in [6, 6.07) is 5.97. The first-order chi connectivity index (χ1) is 8.86. The van der Waals surface area contributed by atoms with Gasteiger partial charge < -0.3 is 14.8 Å². The Kier molecular flexibility index (Phi) is 3.06. The van der Waals surface area contributed by atoms with Gasteiger partial charge in [0, 0.05) is 12.7 Å². The summed E-state index contributed by atoms with van der Waals surface area (Å²) in [4.78, 5) is 5.49. The number of ether oxygens (including phenoxy) is 2. The SMILES string of the molecule is CCCNc1ncc(-c2ccc3c(c2)OCO3)s1. The van der Waals surface area contributed by atoms with Crippen molar-refractivity contribution in [2.24, 2.45) is 0 Å². The number of hydrogen-bond acceptors (Lipinski definition) is 5. The van der Waals surface area contributed by atoms with Crippen molar-refractivity contribution in [1.82, 2.24) is 4.98 Å². The first-order valence-corrected chi connectivity index (χ1v) is 6.78. The Morgan fingerprint density at radius 1 is 1.33 bits per heavy atom. The number of aromatic nitrogens is 1. The Hall–Kier alpha value is -1.75. The molecular formula is C13H14N2O2S. The molecule has 1 aromatic carbocycles. The Morgan fingerprint density at radius 2 is 2.22 bits per heavy atom. The molecule has 0 fully saturated rings. The predicted molar refractivity (Wildman–Crippen MR) is 72.5 cm³/mol. The quantitative estimate of drug-likeness (QED) is 0.917. The van der Waals surface area contributed by atoms with Crippen molar-refractivity contribution in [3.8, 4) is 21.9 Å². The molecule has 0 unspecified atom stereocenters. The fourth-order valence-electron chi connectivity index (χ4n) is 1.77.